The molecule has 0 aromatic heterocycles. The number of ether oxygens (including phenoxy) is 1. The molecule has 0 aliphatic carbocycles. The summed E-state index contributed by atoms with van der Waals surface area (Å²) in [5.41, 5.74) is 2.22. The number of esters is 1. The third-order valence-corrected chi connectivity index (χ3v) is 6.43. The van der Waals surface area contributed by atoms with Crippen LogP contribution in [0.25, 0.3) is 0 Å². The Morgan fingerprint density at radius 1 is 0.812 bits per heavy atom. The van der Waals surface area contributed by atoms with Gasteiger partial charge in [0.1, 0.15) is 0 Å². The minimum absolute atomic E-state index is 0.0768. The molecule has 1 fully saturated rings. The molecule has 3 aromatic carbocycles. The van der Waals surface area contributed by atoms with Crippen LogP contribution in [0, 0.1) is 0 Å². The molecule has 1 amide bonds. The fraction of sp³-hybridized carbons (Fsp3) is 0.286. The topological polar surface area (TPSA) is 46.6 Å². The molecule has 1 heterocycles. The number of likely N-dealkylation sites (tertiary alicyclic amines) is 1. The van der Waals surface area contributed by atoms with Gasteiger partial charge in [0.25, 0.3) is 0 Å². The average molecular weight is 428 g/mol. The van der Waals surface area contributed by atoms with Crippen molar-refractivity contribution < 1.29 is 14.3 Å². The van der Waals surface area contributed by atoms with Crippen molar-refractivity contribution in [2.24, 2.45) is 0 Å². The highest BCUT2D eigenvalue weighted by Gasteiger charge is 2.45. The van der Waals surface area contributed by atoms with Gasteiger partial charge in [-0.15, -0.1) is 0 Å². The molecule has 0 unspecified atom stereocenters. The SMILES string of the molecule is CCOC(=O)C1(c2ccccc2)CCN(C(=O)C(c2ccccc2)c2ccccc2)CC1. The molecule has 164 valence electrons. The average Bonchev–Trinajstić information content (AvgIpc) is 2.86. The zero-order valence-corrected chi connectivity index (χ0v) is 18.4. The van der Waals surface area contributed by atoms with Gasteiger partial charge in [0.15, 0.2) is 0 Å². The Bertz CT molecular complexity index is 987. The van der Waals surface area contributed by atoms with Crippen molar-refractivity contribution in [3.63, 3.8) is 0 Å². The first kappa shape index (κ1) is 21.8. The van der Waals surface area contributed by atoms with E-state index in [0.717, 1.165) is 16.7 Å². The first-order valence-corrected chi connectivity index (χ1v) is 11.3. The third-order valence-electron chi connectivity index (χ3n) is 6.43. The highest BCUT2D eigenvalue weighted by atomic mass is 16.5. The molecule has 4 rings (SSSR count). The Morgan fingerprint density at radius 3 is 1.75 bits per heavy atom. The highest BCUT2D eigenvalue weighted by molar-refractivity contribution is 5.88. The van der Waals surface area contributed by atoms with Crippen molar-refractivity contribution in [1.82, 2.24) is 4.90 Å². The van der Waals surface area contributed by atoms with E-state index in [-0.39, 0.29) is 17.8 Å². The van der Waals surface area contributed by atoms with E-state index in [1.165, 1.54) is 0 Å². The summed E-state index contributed by atoms with van der Waals surface area (Å²) in [6.07, 6.45) is 1.11. The number of amides is 1. The number of piperidine rings is 1. The lowest BCUT2D eigenvalue weighted by atomic mass is 9.72. The Labute approximate surface area is 189 Å². The van der Waals surface area contributed by atoms with Gasteiger partial charge in [-0.1, -0.05) is 91.0 Å². The zero-order chi connectivity index (χ0) is 22.4. The summed E-state index contributed by atoms with van der Waals surface area (Å²) in [7, 11) is 0. The van der Waals surface area contributed by atoms with Crippen LogP contribution >= 0.6 is 0 Å². The highest BCUT2D eigenvalue weighted by Crippen LogP contribution is 2.38. The van der Waals surface area contributed by atoms with Crippen molar-refractivity contribution in [2.45, 2.75) is 31.1 Å². The van der Waals surface area contributed by atoms with Gasteiger partial charge in [0, 0.05) is 13.1 Å². The van der Waals surface area contributed by atoms with E-state index in [1.807, 2.05) is 103 Å². The number of hydrogen-bond donors (Lipinski definition) is 0. The second-order valence-electron chi connectivity index (χ2n) is 8.25. The van der Waals surface area contributed by atoms with E-state index in [9.17, 15) is 9.59 Å². The molecule has 0 radical (unpaired) electrons. The predicted molar refractivity (Wildman–Crippen MR) is 125 cm³/mol. The quantitative estimate of drug-likeness (QED) is 0.524. The van der Waals surface area contributed by atoms with E-state index in [2.05, 4.69) is 0 Å². The van der Waals surface area contributed by atoms with Gasteiger partial charge < -0.3 is 9.64 Å². The van der Waals surface area contributed by atoms with Crippen LogP contribution in [0.5, 0.6) is 0 Å². The van der Waals surface area contributed by atoms with Gasteiger partial charge in [-0.2, -0.15) is 0 Å². The smallest absolute Gasteiger partial charge is 0.316 e. The molecule has 0 N–H and O–H groups in total. The molecule has 4 nitrogen and oxygen atoms in total. The van der Waals surface area contributed by atoms with E-state index < -0.39 is 5.41 Å². The molecular formula is C28H29NO3. The maximum atomic E-state index is 13.8. The minimum Gasteiger partial charge on any atom is -0.465 e. The number of carbonyl (C=O) groups is 2. The van der Waals surface area contributed by atoms with Gasteiger partial charge in [-0.25, -0.2) is 0 Å². The van der Waals surface area contributed by atoms with Gasteiger partial charge in [0.2, 0.25) is 5.91 Å². The maximum absolute atomic E-state index is 13.8. The van der Waals surface area contributed by atoms with Gasteiger partial charge in [-0.05, 0) is 36.5 Å². The molecule has 0 spiro atoms. The van der Waals surface area contributed by atoms with E-state index in [1.54, 1.807) is 0 Å². The monoisotopic (exact) mass is 427 g/mol. The summed E-state index contributed by atoms with van der Waals surface area (Å²) >= 11 is 0. The molecular weight excluding hydrogens is 398 g/mol. The summed E-state index contributed by atoms with van der Waals surface area (Å²) in [5, 5.41) is 0. The van der Waals surface area contributed by atoms with Gasteiger partial charge in [0.05, 0.1) is 17.9 Å². The molecule has 0 atom stereocenters. The van der Waals surface area contributed by atoms with Crippen LogP contribution in [-0.4, -0.2) is 36.5 Å². The van der Waals surface area contributed by atoms with Crippen LogP contribution in [0.15, 0.2) is 91.0 Å². The molecule has 1 aliphatic rings. The fourth-order valence-corrected chi connectivity index (χ4v) is 4.70. The van der Waals surface area contributed by atoms with E-state index >= 15 is 0 Å². The van der Waals surface area contributed by atoms with Crippen molar-refractivity contribution in [1.29, 1.82) is 0 Å². The molecule has 3 aromatic rings. The van der Waals surface area contributed by atoms with Crippen LogP contribution < -0.4 is 0 Å². The van der Waals surface area contributed by atoms with Crippen LogP contribution in [-0.2, 0) is 19.7 Å². The molecule has 0 saturated carbocycles. The van der Waals surface area contributed by atoms with E-state index in [0.29, 0.717) is 32.5 Å². The number of nitrogens with zero attached hydrogens (tertiary/aromatic N) is 1. The number of carbonyl (C=O) groups excluding carboxylic acids is 2. The zero-order valence-electron chi connectivity index (χ0n) is 18.4. The Morgan fingerprint density at radius 2 is 1.28 bits per heavy atom. The Kier molecular flexibility index (Phi) is 6.69. The lowest BCUT2D eigenvalue weighted by Gasteiger charge is -2.41. The van der Waals surface area contributed by atoms with Crippen LogP contribution in [0.1, 0.15) is 42.4 Å². The Hall–Kier alpha value is -3.40. The molecule has 0 bridgehead atoms. The predicted octanol–water partition coefficient (Wildman–Crippen LogP) is 4.94. The lowest BCUT2D eigenvalue weighted by Crippen LogP contribution is -2.50. The van der Waals surface area contributed by atoms with Crippen LogP contribution in [0.4, 0.5) is 0 Å². The van der Waals surface area contributed by atoms with Crippen molar-refractivity contribution >= 4 is 11.9 Å². The lowest BCUT2D eigenvalue weighted by molar-refractivity contribution is -0.154. The van der Waals surface area contributed by atoms with E-state index in [4.69, 9.17) is 4.74 Å². The summed E-state index contributed by atoms with van der Waals surface area (Å²) in [4.78, 5) is 28.7. The van der Waals surface area contributed by atoms with Gasteiger partial charge in [-0.3, -0.25) is 9.59 Å². The Balaban J connectivity index is 1.60. The minimum atomic E-state index is -0.705. The molecule has 32 heavy (non-hydrogen) atoms. The first-order chi connectivity index (χ1) is 15.7. The number of rotatable bonds is 6. The summed E-state index contributed by atoms with van der Waals surface area (Å²) in [6.45, 7) is 3.21. The van der Waals surface area contributed by atoms with Crippen molar-refractivity contribution in [3.8, 4) is 0 Å². The molecule has 1 aliphatic heterocycles. The van der Waals surface area contributed by atoms with Crippen LogP contribution in [0.3, 0.4) is 0 Å². The van der Waals surface area contributed by atoms with Crippen molar-refractivity contribution in [2.75, 3.05) is 19.7 Å². The standard InChI is InChI=1S/C28H29NO3/c1-2-32-27(31)28(24-16-10-5-11-17-24)18-20-29(21-19-28)26(30)25(22-12-6-3-7-13-22)23-14-8-4-9-15-23/h3-17,25H,2,18-21H2,1H3. The summed E-state index contributed by atoms with van der Waals surface area (Å²) in [6, 6.07) is 29.7. The molecule has 4 heteroatoms. The summed E-state index contributed by atoms with van der Waals surface area (Å²) < 4.78 is 5.48. The maximum Gasteiger partial charge on any atom is 0.316 e. The fourth-order valence-electron chi connectivity index (χ4n) is 4.70. The second-order valence-corrected chi connectivity index (χ2v) is 8.25. The normalized spacial score (nSPS) is 15.4. The van der Waals surface area contributed by atoms with Crippen LogP contribution in [0.2, 0.25) is 0 Å². The van der Waals surface area contributed by atoms with Gasteiger partial charge >= 0.3 is 5.97 Å². The largest absolute Gasteiger partial charge is 0.465 e. The first-order valence-electron chi connectivity index (χ1n) is 11.3. The number of benzene rings is 3. The molecule has 1 saturated heterocycles. The number of hydrogen-bond acceptors (Lipinski definition) is 3. The third kappa shape index (κ3) is 4.31. The second kappa shape index (κ2) is 9.82. The summed E-state index contributed by atoms with van der Waals surface area (Å²) in [5.74, 6) is -0.474. The van der Waals surface area contributed by atoms with Crippen molar-refractivity contribution in [3.05, 3.63) is 108 Å².